The summed E-state index contributed by atoms with van der Waals surface area (Å²) in [5.41, 5.74) is 9.23. The smallest absolute Gasteiger partial charge is 0.366 e. The van der Waals surface area contributed by atoms with Crippen LogP contribution in [0.1, 0.15) is 22.5 Å². The minimum atomic E-state index is -1.55. The second-order valence-electron chi connectivity index (χ2n) is 13.0. The number of aryl methyl sites for hydroxylation is 2. The maximum absolute atomic E-state index is 7.26. The van der Waals surface area contributed by atoms with E-state index < -0.39 is 16.1 Å². The van der Waals surface area contributed by atoms with Crippen molar-refractivity contribution in [1.29, 1.82) is 0 Å². The van der Waals surface area contributed by atoms with Crippen LogP contribution in [0.3, 0.4) is 0 Å². The van der Waals surface area contributed by atoms with E-state index in [1.165, 1.54) is 43.0 Å². The summed E-state index contributed by atoms with van der Waals surface area (Å²) in [6, 6.07) is 30.0. The predicted molar refractivity (Wildman–Crippen MR) is 201 cm³/mol. The zero-order valence-electron chi connectivity index (χ0n) is 28.4. The van der Waals surface area contributed by atoms with Crippen LogP contribution in [-0.2, 0) is 57.6 Å². The van der Waals surface area contributed by atoms with Crippen molar-refractivity contribution in [1.82, 2.24) is 19.9 Å². The van der Waals surface area contributed by atoms with E-state index in [1.807, 2.05) is 12.1 Å². The normalized spacial score (nSPS) is 12.9. The van der Waals surface area contributed by atoms with Crippen LogP contribution in [0.15, 0.2) is 122 Å². The molecule has 50 heavy (non-hydrogen) atoms. The Kier molecular flexibility index (Phi) is 13.1. The molecule has 0 amide bonds. The molecule has 6 aromatic rings. The number of nitrogens with zero attached hydrogens (tertiary/aromatic N) is 4. The molecule has 8 heteroatoms. The van der Waals surface area contributed by atoms with Crippen LogP contribution in [-0.4, -0.2) is 36.1 Å². The van der Waals surface area contributed by atoms with Gasteiger partial charge < -0.3 is 12.8 Å². The summed E-state index contributed by atoms with van der Waals surface area (Å²) >= 11 is 0. The molecule has 8 rings (SSSR count). The average Bonchev–Trinajstić information content (AvgIpc) is 3.51. The molecule has 4 aromatic carbocycles. The number of rotatable bonds is 3. The second-order valence-corrected chi connectivity index (χ2v) is 21.7. The van der Waals surface area contributed by atoms with Crippen LogP contribution in [0.2, 0.25) is 26.2 Å². The molecular formula is C42H36Au2N4Si2. The van der Waals surface area contributed by atoms with Crippen LogP contribution < -0.4 is 20.7 Å². The fourth-order valence-corrected chi connectivity index (χ4v) is 12.9. The Morgan fingerprint density at radius 2 is 0.880 bits per heavy atom. The van der Waals surface area contributed by atoms with Gasteiger partial charge in [-0.1, -0.05) is 97.2 Å². The van der Waals surface area contributed by atoms with Crippen molar-refractivity contribution in [2.24, 2.45) is 0 Å². The maximum Gasteiger partial charge on any atom is 1.00 e. The third kappa shape index (κ3) is 8.00. The minimum absolute atomic E-state index is 0. The van der Waals surface area contributed by atoms with E-state index in [-0.39, 0.29) is 44.8 Å². The number of hydrogen-bond donors (Lipinski definition) is 0. The molecule has 0 aliphatic carbocycles. The third-order valence-corrected chi connectivity index (χ3v) is 16.4. The maximum atomic E-state index is 7.26. The molecule has 0 N–H and O–H groups in total. The molecule has 2 aliphatic rings. The molecule has 2 aliphatic heterocycles. The second kappa shape index (κ2) is 16.9. The fraction of sp³-hybridized carbons (Fsp3) is 0.143. The van der Waals surface area contributed by atoms with E-state index in [1.54, 1.807) is 37.2 Å². The van der Waals surface area contributed by atoms with Gasteiger partial charge in [-0.25, -0.2) is 0 Å². The Bertz CT molecular complexity index is 2020. The average molecular weight is 1050 g/mol. The molecule has 4 nitrogen and oxygen atoms in total. The Balaban J connectivity index is 0.000000166. The van der Waals surface area contributed by atoms with Crippen LogP contribution in [0.5, 0.6) is 0 Å². The Morgan fingerprint density at radius 1 is 0.500 bits per heavy atom. The summed E-state index contributed by atoms with van der Waals surface area (Å²) in [5, 5.41) is 5.90. The summed E-state index contributed by atoms with van der Waals surface area (Å²) in [7, 11) is -3.10. The topological polar surface area (TPSA) is 51.6 Å². The van der Waals surface area contributed by atoms with E-state index in [0.717, 1.165) is 35.4 Å². The van der Waals surface area contributed by atoms with E-state index in [4.69, 9.17) is 12.8 Å². The van der Waals surface area contributed by atoms with Gasteiger partial charge in [0.15, 0.2) is 0 Å². The first-order chi connectivity index (χ1) is 23.2. The van der Waals surface area contributed by atoms with Gasteiger partial charge in [0, 0.05) is 37.2 Å². The largest absolute Gasteiger partial charge is 1.00 e. The number of aromatic nitrogens is 4. The van der Waals surface area contributed by atoms with Gasteiger partial charge in [0.1, 0.15) is 16.1 Å². The molecule has 2 aromatic heterocycles. The molecule has 0 saturated heterocycles. The minimum Gasteiger partial charge on any atom is -0.366 e. The predicted octanol–water partition coefficient (Wildman–Crippen LogP) is 5.90. The van der Waals surface area contributed by atoms with E-state index >= 15 is 0 Å². The molecule has 0 bridgehead atoms. The van der Waals surface area contributed by atoms with Crippen molar-refractivity contribution in [2.75, 3.05) is 0 Å². The van der Waals surface area contributed by atoms with Gasteiger partial charge >= 0.3 is 44.8 Å². The summed E-state index contributed by atoms with van der Waals surface area (Å²) in [6.45, 7) is 9.52. The van der Waals surface area contributed by atoms with Crippen molar-refractivity contribution in [2.45, 2.75) is 39.0 Å². The van der Waals surface area contributed by atoms with Gasteiger partial charge in [-0.05, 0) is 45.5 Å². The van der Waals surface area contributed by atoms with Crippen molar-refractivity contribution in [3.63, 3.8) is 0 Å². The molecule has 0 unspecified atom stereocenters. The van der Waals surface area contributed by atoms with Crippen molar-refractivity contribution in [3.8, 4) is 34.1 Å². The number of benzene rings is 4. The van der Waals surface area contributed by atoms with E-state index in [9.17, 15) is 0 Å². The zero-order valence-corrected chi connectivity index (χ0v) is 34.7. The van der Waals surface area contributed by atoms with E-state index in [0.29, 0.717) is 0 Å². The molecule has 0 saturated carbocycles. The van der Waals surface area contributed by atoms with E-state index in [2.05, 4.69) is 131 Å². The third-order valence-electron chi connectivity index (χ3n) is 9.33. The Labute approximate surface area is 329 Å². The van der Waals surface area contributed by atoms with Crippen molar-refractivity contribution < 1.29 is 44.8 Å². The molecule has 0 atom stereocenters. The van der Waals surface area contributed by atoms with Gasteiger partial charge in [-0.2, -0.15) is 0 Å². The van der Waals surface area contributed by atoms with Crippen LogP contribution in [0.4, 0.5) is 0 Å². The molecule has 254 valence electrons. The van der Waals surface area contributed by atoms with Crippen molar-refractivity contribution >= 4 is 36.9 Å². The molecule has 0 spiro atoms. The molecule has 4 heterocycles. The zero-order chi connectivity index (χ0) is 33.7. The Hall–Kier alpha value is -3.93. The van der Waals surface area contributed by atoms with Crippen LogP contribution >= 0.6 is 0 Å². The quantitative estimate of drug-likeness (QED) is 0.126. The fourth-order valence-electron chi connectivity index (χ4n) is 6.74. The number of hydrogen-bond acceptors (Lipinski definition) is 4. The van der Waals surface area contributed by atoms with Gasteiger partial charge in [-0.15, -0.1) is 35.4 Å². The summed E-state index contributed by atoms with van der Waals surface area (Å²) < 4.78 is 0. The first-order valence-corrected chi connectivity index (χ1v) is 22.1. The van der Waals surface area contributed by atoms with Gasteiger partial charge in [0.25, 0.3) is 0 Å². The summed E-state index contributed by atoms with van der Waals surface area (Å²) in [5.74, 6) is 4.99. The van der Waals surface area contributed by atoms with Crippen molar-refractivity contribution in [3.05, 3.63) is 157 Å². The first-order valence-electron chi connectivity index (χ1n) is 16.1. The standard InChI is InChI=1S/2C16H13Si.C10H10N4.2Au/c2*1-4-12-9-10-14-13-7-5-6-8-15(13)17(2,3)16(14)11-12;1(9-7-11-3-5-13-9)2-10-8-12-4-6-14-10;;/h2*5-11H,2-3H3;3-8H,1-2H2;;/q2*-1;;2*+1. The monoisotopic (exact) mass is 1050 g/mol. The molecule has 0 radical (unpaired) electrons. The SMILES string of the molecule is [Au+].[Au+].[C-]#Cc1ccc2c(c1)[Si](C)(C)c1ccccc1-2.[C-]#Cc1ccc2c(c1)[Si](C)(C)c1ccccc1-2.c1cnc(CCc2cnccn2)cn1. The van der Waals surface area contributed by atoms with Crippen LogP contribution in [0, 0.1) is 24.7 Å². The first kappa shape index (κ1) is 38.9. The summed E-state index contributed by atoms with van der Waals surface area (Å²) in [6.07, 6.45) is 26.5. The molecule has 0 fully saturated rings. The van der Waals surface area contributed by atoms with Crippen LogP contribution in [0.25, 0.3) is 22.3 Å². The van der Waals surface area contributed by atoms with Gasteiger partial charge in [0.05, 0.1) is 11.4 Å². The van der Waals surface area contributed by atoms with Gasteiger partial charge in [0.2, 0.25) is 0 Å². The molecular weight excluding hydrogens is 1010 g/mol. The summed E-state index contributed by atoms with van der Waals surface area (Å²) in [4.78, 5) is 16.4. The van der Waals surface area contributed by atoms with Gasteiger partial charge in [-0.3, -0.25) is 31.8 Å². The number of fused-ring (bicyclic) bond motifs is 6. The Morgan fingerprint density at radius 3 is 1.24 bits per heavy atom.